The molecule has 25 heavy (non-hydrogen) atoms. The van der Waals surface area contributed by atoms with Crippen LogP contribution in [0.5, 0.6) is 0 Å². The second-order valence-corrected chi connectivity index (χ2v) is 6.83. The van der Waals surface area contributed by atoms with Gasteiger partial charge in [-0.05, 0) is 49.3 Å². The predicted molar refractivity (Wildman–Crippen MR) is 92.2 cm³/mol. The lowest BCUT2D eigenvalue weighted by Gasteiger charge is -2.21. The highest BCUT2D eigenvalue weighted by molar-refractivity contribution is 5.97. The normalized spacial score (nSPS) is 17.6. The molecule has 2 aliphatic rings. The zero-order valence-electron chi connectivity index (χ0n) is 14.3. The Bertz CT molecular complexity index is 631. The molecule has 0 unspecified atom stereocenters. The molecule has 2 saturated carbocycles. The van der Waals surface area contributed by atoms with Crippen molar-refractivity contribution in [2.45, 2.75) is 56.9 Å². The van der Waals surface area contributed by atoms with Gasteiger partial charge in [-0.25, -0.2) is 9.59 Å². The highest BCUT2D eigenvalue weighted by atomic mass is 16.5. The Hall–Kier alpha value is -2.37. The van der Waals surface area contributed by atoms with Gasteiger partial charge in [-0.15, -0.1) is 0 Å². The lowest BCUT2D eigenvalue weighted by Crippen LogP contribution is -2.42. The molecule has 0 aliphatic heterocycles. The molecule has 0 spiro atoms. The molecule has 6 heteroatoms. The molecular weight excluding hydrogens is 320 g/mol. The van der Waals surface area contributed by atoms with E-state index in [1.807, 2.05) is 12.1 Å². The first-order chi connectivity index (χ1) is 12.1. The highest BCUT2D eigenvalue weighted by Crippen LogP contribution is 2.32. The summed E-state index contributed by atoms with van der Waals surface area (Å²) in [5.41, 5.74) is 1.67. The summed E-state index contributed by atoms with van der Waals surface area (Å²) in [4.78, 5) is 35.0. The van der Waals surface area contributed by atoms with Crippen LogP contribution in [-0.4, -0.2) is 30.6 Å². The summed E-state index contributed by atoms with van der Waals surface area (Å²) < 4.78 is 4.97. The SMILES string of the molecule is O=C(COC(=O)c1ccc(C2CCCCC2)cc1)NC(=O)NC1CC1. The maximum absolute atomic E-state index is 12.0. The second kappa shape index (κ2) is 8.14. The molecule has 0 aromatic heterocycles. The van der Waals surface area contributed by atoms with Gasteiger partial charge in [0.1, 0.15) is 0 Å². The van der Waals surface area contributed by atoms with E-state index < -0.39 is 24.5 Å². The van der Waals surface area contributed by atoms with Gasteiger partial charge in [0.15, 0.2) is 6.61 Å². The monoisotopic (exact) mass is 344 g/mol. The minimum Gasteiger partial charge on any atom is -0.452 e. The lowest BCUT2D eigenvalue weighted by molar-refractivity contribution is -0.123. The Morgan fingerprint density at radius 1 is 0.960 bits per heavy atom. The molecule has 134 valence electrons. The standard InChI is InChI=1S/C19H24N2O4/c22-17(21-19(24)20-16-10-11-16)12-25-18(23)15-8-6-14(7-9-15)13-4-2-1-3-5-13/h6-9,13,16H,1-5,10-12H2,(H2,20,21,22,24). The molecule has 0 bridgehead atoms. The van der Waals surface area contributed by atoms with E-state index >= 15 is 0 Å². The second-order valence-electron chi connectivity index (χ2n) is 6.83. The molecule has 2 fully saturated rings. The van der Waals surface area contributed by atoms with Crippen LogP contribution in [0.15, 0.2) is 24.3 Å². The largest absolute Gasteiger partial charge is 0.452 e. The number of benzene rings is 1. The zero-order valence-corrected chi connectivity index (χ0v) is 14.3. The number of amides is 3. The molecule has 1 aromatic carbocycles. The summed E-state index contributed by atoms with van der Waals surface area (Å²) in [5, 5.41) is 4.77. The van der Waals surface area contributed by atoms with Crippen LogP contribution in [0, 0.1) is 0 Å². The summed E-state index contributed by atoms with van der Waals surface area (Å²) in [5.74, 6) is -0.618. The average molecular weight is 344 g/mol. The van der Waals surface area contributed by atoms with Crippen LogP contribution < -0.4 is 10.6 Å². The number of urea groups is 1. The van der Waals surface area contributed by atoms with E-state index in [1.165, 1.54) is 37.7 Å². The minimum absolute atomic E-state index is 0.165. The fourth-order valence-corrected chi connectivity index (χ4v) is 3.15. The first-order valence-corrected chi connectivity index (χ1v) is 8.99. The van der Waals surface area contributed by atoms with E-state index in [2.05, 4.69) is 10.6 Å². The number of nitrogens with one attached hydrogen (secondary N) is 2. The Morgan fingerprint density at radius 2 is 1.64 bits per heavy atom. The van der Waals surface area contributed by atoms with Crippen molar-refractivity contribution in [1.82, 2.24) is 10.6 Å². The first-order valence-electron chi connectivity index (χ1n) is 8.99. The Balaban J connectivity index is 1.44. The van der Waals surface area contributed by atoms with Crippen LogP contribution in [-0.2, 0) is 9.53 Å². The molecule has 0 radical (unpaired) electrons. The van der Waals surface area contributed by atoms with Crippen LogP contribution in [0.2, 0.25) is 0 Å². The number of hydrogen-bond acceptors (Lipinski definition) is 4. The van der Waals surface area contributed by atoms with E-state index in [0.29, 0.717) is 11.5 Å². The summed E-state index contributed by atoms with van der Waals surface area (Å²) in [6.07, 6.45) is 8.11. The number of ether oxygens (including phenoxy) is 1. The van der Waals surface area contributed by atoms with Crippen molar-refractivity contribution in [2.75, 3.05) is 6.61 Å². The van der Waals surface area contributed by atoms with E-state index in [9.17, 15) is 14.4 Å². The average Bonchev–Trinajstić information content (AvgIpc) is 3.44. The van der Waals surface area contributed by atoms with E-state index in [4.69, 9.17) is 4.74 Å². The molecule has 3 amide bonds. The van der Waals surface area contributed by atoms with Crippen molar-refractivity contribution in [1.29, 1.82) is 0 Å². The topological polar surface area (TPSA) is 84.5 Å². The number of imide groups is 1. The quantitative estimate of drug-likeness (QED) is 0.805. The molecule has 2 N–H and O–H groups in total. The van der Waals surface area contributed by atoms with Crippen molar-refractivity contribution in [3.8, 4) is 0 Å². The van der Waals surface area contributed by atoms with Crippen LogP contribution in [0.4, 0.5) is 4.79 Å². The molecular formula is C19H24N2O4. The molecule has 1 aromatic rings. The van der Waals surface area contributed by atoms with Crippen LogP contribution in [0.25, 0.3) is 0 Å². The number of hydrogen-bond donors (Lipinski definition) is 2. The van der Waals surface area contributed by atoms with Crippen molar-refractivity contribution < 1.29 is 19.1 Å². The van der Waals surface area contributed by atoms with Crippen molar-refractivity contribution in [3.63, 3.8) is 0 Å². The van der Waals surface area contributed by atoms with Gasteiger partial charge in [-0.1, -0.05) is 31.4 Å². The summed E-state index contributed by atoms with van der Waals surface area (Å²) >= 11 is 0. The molecule has 6 nitrogen and oxygen atoms in total. The van der Waals surface area contributed by atoms with Gasteiger partial charge in [0.05, 0.1) is 5.56 Å². The Morgan fingerprint density at radius 3 is 2.28 bits per heavy atom. The van der Waals surface area contributed by atoms with Crippen LogP contribution in [0.3, 0.4) is 0 Å². The molecule has 0 saturated heterocycles. The summed E-state index contributed by atoms with van der Waals surface area (Å²) in [6, 6.07) is 7.04. The van der Waals surface area contributed by atoms with Gasteiger partial charge in [0, 0.05) is 6.04 Å². The summed E-state index contributed by atoms with van der Waals surface area (Å²) in [6.45, 7) is -0.471. The van der Waals surface area contributed by atoms with Gasteiger partial charge < -0.3 is 10.1 Å². The van der Waals surface area contributed by atoms with Gasteiger partial charge in [-0.3, -0.25) is 10.1 Å². The van der Waals surface area contributed by atoms with Gasteiger partial charge in [-0.2, -0.15) is 0 Å². The van der Waals surface area contributed by atoms with Crippen molar-refractivity contribution in [2.24, 2.45) is 0 Å². The van der Waals surface area contributed by atoms with Crippen LogP contribution in [0.1, 0.15) is 66.8 Å². The number of carbonyl (C=O) groups excluding carboxylic acids is 3. The van der Waals surface area contributed by atoms with E-state index in [1.54, 1.807) is 12.1 Å². The molecule has 0 heterocycles. The lowest BCUT2D eigenvalue weighted by atomic mass is 9.84. The third kappa shape index (κ3) is 5.31. The maximum Gasteiger partial charge on any atom is 0.338 e. The number of carbonyl (C=O) groups is 3. The fourth-order valence-electron chi connectivity index (χ4n) is 3.15. The smallest absolute Gasteiger partial charge is 0.338 e. The predicted octanol–water partition coefficient (Wildman–Crippen LogP) is 2.88. The van der Waals surface area contributed by atoms with Gasteiger partial charge >= 0.3 is 12.0 Å². The van der Waals surface area contributed by atoms with Crippen molar-refractivity contribution in [3.05, 3.63) is 35.4 Å². The first kappa shape index (κ1) is 17.5. The Labute approximate surface area is 147 Å². The molecule has 0 atom stereocenters. The number of esters is 1. The fraction of sp³-hybridized carbons (Fsp3) is 0.526. The zero-order chi connectivity index (χ0) is 17.6. The highest BCUT2D eigenvalue weighted by Gasteiger charge is 2.24. The van der Waals surface area contributed by atoms with E-state index in [-0.39, 0.29) is 6.04 Å². The maximum atomic E-state index is 12.0. The number of rotatable bonds is 5. The molecule has 2 aliphatic carbocycles. The van der Waals surface area contributed by atoms with Gasteiger partial charge in [0.2, 0.25) is 0 Å². The Kier molecular flexibility index (Phi) is 5.68. The van der Waals surface area contributed by atoms with E-state index in [0.717, 1.165) is 12.8 Å². The van der Waals surface area contributed by atoms with Crippen molar-refractivity contribution >= 4 is 17.9 Å². The minimum atomic E-state index is -0.634. The third-order valence-electron chi connectivity index (χ3n) is 4.72. The van der Waals surface area contributed by atoms with Gasteiger partial charge in [0.25, 0.3) is 5.91 Å². The molecule has 3 rings (SSSR count). The summed E-state index contributed by atoms with van der Waals surface area (Å²) in [7, 11) is 0. The third-order valence-corrected chi connectivity index (χ3v) is 4.72. The van der Waals surface area contributed by atoms with Crippen LogP contribution >= 0.6 is 0 Å².